The zero-order valence-electron chi connectivity index (χ0n) is 18.5. The SMILES string of the molecule is O=C1COc2ccc(CNC3CCN(CCN4C(=O)COc5c(F)cc(F)cc54)CC3)nc2N1. The summed E-state index contributed by atoms with van der Waals surface area (Å²) in [5, 5.41) is 6.22. The number of hydrogen-bond donors (Lipinski definition) is 2. The zero-order valence-corrected chi connectivity index (χ0v) is 18.5. The van der Waals surface area contributed by atoms with E-state index in [1.807, 2.05) is 12.1 Å². The summed E-state index contributed by atoms with van der Waals surface area (Å²) in [5.74, 6) is -1.13. The van der Waals surface area contributed by atoms with E-state index in [0.717, 1.165) is 43.8 Å². The van der Waals surface area contributed by atoms with Gasteiger partial charge in [-0.05, 0) is 38.1 Å². The molecule has 5 rings (SSSR count). The first-order chi connectivity index (χ1) is 16.5. The van der Waals surface area contributed by atoms with E-state index in [-0.39, 0.29) is 36.5 Å². The molecule has 180 valence electrons. The summed E-state index contributed by atoms with van der Waals surface area (Å²) in [4.78, 5) is 31.9. The third kappa shape index (κ3) is 4.80. The number of amides is 2. The highest BCUT2D eigenvalue weighted by molar-refractivity contribution is 5.98. The number of likely N-dealkylation sites (tertiary alicyclic amines) is 1. The number of hydrogen-bond acceptors (Lipinski definition) is 7. The topological polar surface area (TPSA) is 96.0 Å². The van der Waals surface area contributed by atoms with E-state index < -0.39 is 11.6 Å². The summed E-state index contributed by atoms with van der Waals surface area (Å²) in [6.07, 6.45) is 1.84. The number of fused-ring (bicyclic) bond motifs is 2. The maximum Gasteiger partial charge on any atom is 0.265 e. The molecule has 0 atom stereocenters. The number of halogens is 2. The fourth-order valence-electron chi connectivity index (χ4n) is 4.44. The molecule has 1 aromatic heterocycles. The van der Waals surface area contributed by atoms with Crippen molar-refractivity contribution >= 4 is 23.3 Å². The van der Waals surface area contributed by atoms with Crippen LogP contribution in [0.25, 0.3) is 0 Å². The number of benzene rings is 1. The van der Waals surface area contributed by atoms with Gasteiger partial charge in [-0.25, -0.2) is 13.8 Å². The van der Waals surface area contributed by atoms with Crippen molar-refractivity contribution in [3.8, 4) is 11.5 Å². The second-order valence-electron chi connectivity index (χ2n) is 8.55. The van der Waals surface area contributed by atoms with E-state index in [4.69, 9.17) is 9.47 Å². The van der Waals surface area contributed by atoms with Gasteiger partial charge in [0.15, 0.2) is 36.3 Å². The van der Waals surface area contributed by atoms with Crippen molar-refractivity contribution in [2.24, 2.45) is 0 Å². The molecule has 9 nitrogen and oxygen atoms in total. The van der Waals surface area contributed by atoms with Crippen molar-refractivity contribution < 1.29 is 27.8 Å². The molecule has 0 radical (unpaired) electrons. The van der Waals surface area contributed by atoms with E-state index in [1.54, 1.807) is 0 Å². The highest BCUT2D eigenvalue weighted by Gasteiger charge is 2.29. The van der Waals surface area contributed by atoms with Crippen LogP contribution in [0.15, 0.2) is 24.3 Å². The summed E-state index contributed by atoms with van der Waals surface area (Å²) in [6, 6.07) is 5.89. The van der Waals surface area contributed by atoms with Gasteiger partial charge in [0.25, 0.3) is 11.8 Å². The van der Waals surface area contributed by atoms with Crippen LogP contribution in [0.4, 0.5) is 20.3 Å². The van der Waals surface area contributed by atoms with Gasteiger partial charge in [0.05, 0.1) is 11.4 Å². The molecule has 1 aromatic carbocycles. The minimum atomic E-state index is -0.803. The van der Waals surface area contributed by atoms with Crippen LogP contribution in [0.2, 0.25) is 0 Å². The highest BCUT2D eigenvalue weighted by Crippen LogP contribution is 2.35. The number of nitrogens with one attached hydrogen (secondary N) is 2. The van der Waals surface area contributed by atoms with Gasteiger partial charge in [-0.1, -0.05) is 0 Å². The van der Waals surface area contributed by atoms with Crippen LogP contribution in [0.3, 0.4) is 0 Å². The van der Waals surface area contributed by atoms with Crippen LogP contribution in [0.5, 0.6) is 11.5 Å². The van der Waals surface area contributed by atoms with E-state index in [9.17, 15) is 18.4 Å². The van der Waals surface area contributed by atoms with Crippen LogP contribution in [-0.4, -0.2) is 67.1 Å². The maximum absolute atomic E-state index is 14.0. The average Bonchev–Trinajstić information content (AvgIpc) is 2.82. The standard InChI is InChI=1S/C23H25F2N5O4/c24-14-9-17(25)22-18(10-14)30(21(32)13-34-22)8-7-29-5-3-15(4-6-29)26-11-16-1-2-19-23(27-16)28-20(31)12-33-19/h1-2,9-10,15,26H,3-8,11-13H2,(H,27,28,31). The first-order valence-corrected chi connectivity index (χ1v) is 11.3. The predicted octanol–water partition coefficient (Wildman–Crippen LogP) is 1.67. The van der Waals surface area contributed by atoms with Gasteiger partial charge in [-0.3, -0.25) is 9.59 Å². The molecule has 3 aliphatic rings. The molecule has 0 aliphatic carbocycles. The second kappa shape index (κ2) is 9.51. The van der Waals surface area contributed by atoms with Crippen molar-refractivity contribution in [2.45, 2.75) is 25.4 Å². The van der Waals surface area contributed by atoms with E-state index >= 15 is 0 Å². The Hall–Kier alpha value is -3.31. The Morgan fingerprint density at radius 2 is 1.91 bits per heavy atom. The number of aromatic nitrogens is 1. The second-order valence-corrected chi connectivity index (χ2v) is 8.55. The lowest BCUT2D eigenvalue weighted by molar-refractivity contribution is -0.121. The normalized spacial score (nSPS) is 18.6. The predicted molar refractivity (Wildman–Crippen MR) is 119 cm³/mol. The Labute approximate surface area is 195 Å². The third-order valence-corrected chi connectivity index (χ3v) is 6.25. The Kier molecular flexibility index (Phi) is 6.29. The van der Waals surface area contributed by atoms with Gasteiger partial charge in [0.2, 0.25) is 0 Å². The maximum atomic E-state index is 14.0. The summed E-state index contributed by atoms with van der Waals surface area (Å²) in [7, 11) is 0. The first kappa shape index (κ1) is 22.5. The van der Waals surface area contributed by atoms with E-state index in [2.05, 4.69) is 20.5 Å². The van der Waals surface area contributed by atoms with Crippen LogP contribution in [0.1, 0.15) is 18.5 Å². The number of carbonyl (C=O) groups is 2. The van der Waals surface area contributed by atoms with E-state index in [1.165, 1.54) is 4.90 Å². The molecule has 1 saturated heterocycles. The number of carbonyl (C=O) groups excluding carboxylic acids is 2. The van der Waals surface area contributed by atoms with Crippen molar-refractivity contribution in [1.29, 1.82) is 0 Å². The molecule has 3 aliphatic heterocycles. The van der Waals surface area contributed by atoms with Crippen LogP contribution in [-0.2, 0) is 16.1 Å². The van der Waals surface area contributed by atoms with Crippen molar-refractivity contribution in [1.82, 2.24) is 15.2 Å². The first-order valence-electron chi connectivity index (χ1n) is 11.3. The van der Waals surface area contributed by atoms with Gasteiger partial charge < -0.3 is 29.9 Å². The quantitative estimate of drug-likeness (QED) is 0.659. The smallest absolute Gasteiger partial charge is 0.265 e. The van der Waals surface area contributed by atoms with Gasteiger partial charge in [-0.15, -0.1) is 0 Å². The lowest BCUT2D eigenvalue weighted by atomic mass is 10.0. The Bertz CT molecular complexity index is 1110. The number of piperidine rings is 1. The molecule has 4 heterocycles. The lowest BCUT2D eigenvalue weighted by Crippen LogP contribution is -2.47. The van der Waals surface area contributed by atoms with E-state index in [0.29, 0.717) is 37.2 Å². The van der Waals surface area contributed by atoms with Gasteiger partial charge in [0.1, 0.15) is 5.82 Å². The number of pyridine rings is 1. The molecule has 34 heavy (non-hydrogen) atoms. The molecular formula is C23H25F2N5O4. The van der Waals surface area contributed by atoms with Gasteiger partial charge in [-0.2, -0.15) is 0 Å². The Balaban J connectivity index is 1.10. The number of rotatable bonds is 6. The number of anilines is 2. The highest BCUT2D eigenvalue weighted by atomic mass is 19.1. The monoisotopic (exact) mass is 473 g/mol. The number of ether oxygens (including phenoxy) is 2. The molecule has 2 N–H and O–H groups in total. The molecule has 0 bridgehead atoms. The van der Waals surface area contributed by atoms with Crippen LogP contribution < -0.4 is 25.0 Å². The third-order valence-electron chi connectivity index (χ3n) is 6.25. The minimum absolute atomic E-state index is 0.00480. The molecule has 0 spiro atoms. The van der Waals surface area contributed by atoms with Crippen molar-refractivity contribution in [2.75, 3.05) is 49.6 Å². The molecule has 2 aromatic rings. The molecule has 0 saturated carbocycles. The van der Waals surface area contributed by atoms with Crippen molar-refractivity contribution in [3.05, 3.63) is 41.6 Å². The summed E-state index contributed by atoms with van der Waals surface area (Å²) < 4.78 is 38.2. The fourth-order valence-corrected chi connectivity index (χ4v) is 4.44. The van der Waals surface area contributed by atoms with Crippen molar-refractivity contribution in [3.63, 3.8) is 0 Å². The Morgan fingerprint density at radius 3 is 2.74 bits per heavy atom. The summed E-state index contributed by atoms with van der Waals surface area (Å²) in [5.41, 5.74) is 0.959. The van der Waals surface area contributed by atoms with Crippen LogP contribution >= 0.6 is 0 Å². The van der Waals surface area contributed by atoms with Gasteiger partial charge >= 0.3 is 0 Å². The average molecular weight is 473 g/mol. The zero-order chi connectivity index (χ0) is 23.7. The molecule has 11 heteroatoms. The lowest BCUT2D eigenvalue weighted by Gasteiger charge is -2.35. The Morgan fingerprint density at radius 1 is 1.09 bits per heavy atom. The molecule has 0 unspecified atom stereocenters. The molecular weight excluding hydrogens is 448 g/mol. The fraction of sp³-hybridized carbons (Fsp3) is 0.435. The van der Waals surface area contributed by atoms with Crippen LogP contribution in [0, 0.1) is 11.6 Å². The van der Waals surface area contributed by atoms with Gasteiger partial charge in [0, 0.05) is 37.8 Å². The molecule has 1 fully saturated rings. The summed E-state index contributed by atoms with van der Waals surface area (Å²) in [6.45, 7) is 2.93. The molecule has 2 amide bonds. The summed E-state index contributed by atoms with van der Waals surface area (Å²) >= 11 is 0. The minimum Gasteiger partial charge on any atom is -0.480 e. The number of nitrogens with zero attached hydrogens (tertiary/aromatic N) is 3. The largest absolute Gasteiger partial charge is 0.480 e.